The number of fused-ring (bicyclic) bond motifs is 1. The summed E-state index contributed by atoms with van der Waals surface area (Å²) in [5, 5.41) is 13.5. The van der Waals surface area contributed by atoms with Gasteiger partial charge in [-0.3, -0.25) is 0 Å². The molecule has 0 spiro atoms. The molecule has 2 aromatic rings. The van der Waals surface area contributed by atoms with Gasteiger partial charge in [-0.2, -0.15) is 0 Å². The van der Waals surface area contributed by atoms with Crippen molar-refractivity contribution in [2.45, 2.75) is 32.9 Å². The first kappa shape index (κ1) is 16.6. The fourth-order valence-electron chi connectivity index (χ4n) is 3.13. The molecule has 0 radical (unpaired) electrons. The van der Waals surface area contributed by atoms with E-state index in [1.807, 2.05) is 0 Å². The molecule has 1 aromatic carbocycles. The highest BCUT2D eigenvalue weighted by molar-refractivity contribution is 6.67. The largest absolute Gasteiger partial charge is 0.373 e. The number of nitrogens with one attached hydrogen (secondary N) is 1. The van der Waals surface area contributed by atoms with E-state index in [4.69, 9.17) is 5.26 Å². The first-order chi connectivity index (χ1) is 11.7. The first-order valence-electron chi connectivity index (χ1n) is 8.80. The molecule has 0 aliphatic carbocycles. The fraction of sp³-hybridized carbons (Fsp3) is 0.500. The molecule has 5 nitrogen and oxygen atoms in total. The van der Waals surface area contributed by atoms with E-state index >= 15 is 0 Å². The monoisotopic (exact) mass is 321 g/mol. The third kappa shape index (κ3) is 3.78. The molecule has 0 amide bonds. The molecule has 0 bridgehead atoms. The molecular formula is C18H24BN5. The van der Waals surface area contributed by atoms with Crippen molar-refractivity contribution in [3.05, 3.63) is 24.5 Å². The maximum atomic E-state index is 9.03. The Morgan fingerprint density at radius 1 is 1.29 bits per heavy atom. The van der Waals surface area contributed by atoms with E-state index < -0.39 is 0 Å². The van der Waals surface area contributed by atoms with E-state index in [0.717, 1.165) is 55.4 Å². The maximum Gasteiger partial charge on any atom is 0.271 e. The Balaban J connectivity index is 1.76. The highest BCUT2D eigenvalue weighted by atomic mass is 15.1. The Bertz CT molecular complexity index is 732. The van der Waals surface area contributed by atoms with Crippen molar-refractivity contribution in [3.8, 4) is 5.97 Å². The van der Waals surface area contributed by atoms with Gasteiger partial charge < -0.3 is 10.2 Å². The van der Waals surface area contributed by atoms with E-state index in [9.17, 15) is 0 Å². The van der Waals surface area contributed by atoms with Crippen LogP contribution in [0.3, 0.4) is 0 Å². The number of hydrogen-bond donors (Lipinski definition) is 1. The lowest BCUT2D eigenvalue weighted by atomic mass is 9.45. The molecule has 124 valence electrons. The normalized spacial score (nSPS) is 14.9. The predicted molar refractivity (Wildman–Crippen MR) is 101 cm³/mol. The van der Waals surface area contributed by atoms with Crippen LogP contribution in [0.25, 0.3) is 10.9 Å². The molecule has 2 heterocycles. The number of benzene rings is 1. The number of anilines is 2. The van der Waals surface area contributed by atoms with E-state index in [0.29, 0.717) is 5.92 Å². The minimum Gasteiger partial charge on any atom is -0.373 e. The van der Waals surface area contributed by atoms with Crippen molar-refractivity contribution in [1.82, 2.24) is 9.97 Å². The summed E-state index contributed by atoms with van der Waals surface area (Å²) in [5.41, 5.74) is 2.16. The number of aromatic nitrogens is 2. The summed E-state index contributed by atoms with van der Waals surface area (Å²) < 4.78 is 0. The smallest absolute Gasteiger partial charge is 0.271 e. The van der Waals surface area contributed by atoms with Gasteiger partial charge in [-0.15, -0.1) is 0 Å². The third-order valence-electron chi connectivity index (χ3n) is 4.68. The zero-order valence-corrected chi connectivity index (χ0v) is 14.5. The lowest BCUT2D eigenvalue weighted by Gasteiger charge is -2.30. The second-order valence-electron chi connectivity index (χ2n) is 6.92. The average Bonchev–Trinajstić information content (AvgIpc) is 2.61. The number of hydrogen-bond acceptors (Lipinski definition) is 5. The Morgan fingerprint density at radius 3 is 2.79 bits per heavy atom. The van der Waals surface area contributed by atoms with Gasteiger partial charge in [-0.05, 0) is 43.2 Å². The lowest BCUT2D eigenvalue weighted by molar-refractivity contribution is 0.607. The zero-order chi connectivity index (χ0) is 16.9. The van der Waals surface area contributed by atoms with E-state index in [-0.39, 0.29) is 6.71 Å². The molecule has 24 heavy (non-hydrogen) atoms. The van der Waals surface area contributed by atoms with Gasteiger partial charge >= 0.3 is 0 Å². The van der Waals surface area contributed by atoms with Crippen molar-refractivity contribution in [1.29, 1.82) is 5.26 Å². The van der Waals surface area contributed by atoms with E-state index in [2.05, 4.69) is 58.2 Å². The van der Waals surface area contributed by atoms with Gasteiger partial charge in [-0.25, -0.2) is 15.2 Å². The van der Waals surface area contributed by atoms with Crippen molar-refractivity contribution in [3.63, 3.8) is 0 Å². The van der Waals surface area contributed by atoms with Crippen LogP contribution < -0.4 is 10.2 Å². The van der Waals surface area contributed by atoms with Crippen molar-refractivity contribution in [2.24, 2.45) is 5.92 Å². The van der Waals surface area contributed by atoms with Crippen molar-refractivity contribution in [2.75, 3.05) is 29.9 Å². The molecule has 1 aliphatic heterocycles. The number of nitriles is 1. The van der Waals surface area contributed by atoms with Crippen LogP contribution in [-0.4, -0.2) is 36.3 Å². The molecule has 0 saturated carbocycles. The maximum absolute atomic E-state index is 9.03. The van der Waals surface area contributed by atoms with Gasteiger partial charge in [0, 0.05) is 36.7 Å². The standard InChI is InChI=1S/C18H24BN5/c1-14(2)5-8-21-18-16-4-3-15(11-17(16)22-13-23-18)24-9-6-19(12-20)7-10-24/h3-4,11,13-14H,5-10H2,1-2H3,(H,21,22,23). The average molecular weight is 321 g/mol. The summed E-state index contributed by atoms with van der Waals surface area (Å²) in [6.45, 7) is 7.46. The topological polar surface area (TPSA) is 64.8 Å². The molecule has 1 aliphatic rings. The second kappa shape index (κ2) is 7.52. The Labute approximate surface area is 144 Å². The SMILES string of the molecule is CC(C)CCNc1ncnc2cc(N3CCB(C#N)CC3)ccc12. The second-order valence-corrected chi connectivity index (χ2v) is 6.92. The summed E-state index contributed by atoms with van der Waals surface area (Å²) in [5.74, 6) is 3.97. The molecule has 1 N–H and O–H groups in total. The number of rotatable bonds is 5. The molecule has 6 heteroatoms. The van der Waals surface area contributed by atoms with E-state index in [1.165, 1.54) is 5.69 Å². The minimum atomic E-state index is 0.209. The number of nitrogens with zero attached hydrogens (tertiary/aromatic N) is 4. The van der Waals surface area contributed by atoms with Crippen LogP contribution in [0.4, 0.5) is 11.5 Å². The zero-order valence-electron chi connectivity index (χ0n) is 14.5. The van der Waals surface area contributed by atoms with E-state index in [1.54, 1.807) is 6.33 Å². The molecule has 0 unspecified atom stereocenters. The van der Waals surface area contributed by atoms with Crippen LogP contribution in [0.15, 0.2) is 24.5 Å². The van der Waals surface area contributed by atoms with Crippen molar-refractivity contribution >= 4 is 29.1 Å². The van der Waals surface area contributed by atoms with Crippen LogP contribution in [0, 0.1) is 17.1 Å². The summed E-state index contributed by atoms with van der Waals surface area (Å²) in [7, 11) is 0. The Hall–Kier alpha value is -2.29. The van der Waals surface area contributed by atoms with Gasteiger partial charge in [0.05, 0.1) is 5.52 Å². The van der Waals surface area contributed by atoms with Gasteiger partial charge in [-0.1, -0.05) is 13.8 Å². The predicted octanol–water partition coefficient (Wildman–Crippen LogP) is 3.47. The molecule has 1 aromatic heterocycles. The minimum absolute atomic E-state index is 0.209. The van der Waals surface area contributed by atoms with Crippen molar-refractivity contribution < 1.29 is 0 Å². The summed E-state index contributed by atoms with van der Waals surface area (Å²) in [4.78, 5) is 11.2. The first-order valence-corrected chi connectivity index (χ1v) is 8.80. The fourth-order valence-corrected chi connectivity index (χ4v) is 3.13. The highest BCUT2D eigenvalue weighted by Gasteiger charge is 2.22. The summed E-state index contributed by atoms with van der Waals surface area (Å²) in [6.07, 6.45) is 4.64. The van der Waals surface area contributed by atoms with Gasteiger partial charge in [0.15, 0.2) is 0 Å². The quantitative estimate of drug-likeness (QED) is 0.854. The van der Waals surface area contributed by atoms with Gasteiger partial charge in [0.25, 0.3) is 6.71 Å². The Kier molecular flexibility index (Phi) is 5.19. The molecule has 3 rings (SSSR count). The summed E-state index contributed by atoms with van der Waals surface area (Å²) in [6, 6.07) is 6.39. The van der Waals surface area contributed by atoms with Gasteiger partial charge in [0.1, 0.15) is 12.1 Å². The third-order valence-corrected chi connectivity index (χ3v) is 4.68. The molecule has 0 atom stereocenters. The summed E-state index contributed by atoms with van der Waals surface area (Å²) >= 11 is 0. The molecule has 1 saturated heterocycles. The van der Waals surface area contributed by atoms with Crippen LogP contribution in [-0.2, 0) is 0 Å². The molecule has 1 fully saturated rings. The van der Waals surface area contributed by atoms with Crippen LogP contribution in [0.1, 0.15) is 20.3 Å². The molecular weight excluding hydrogens is 297 g/mol. The Morgan fingerprint density at radius 2 is 2.08 bits per heavy atom. The van der Waals surface area contributed by atoms with Crippen LogP contribution >= 0.6 is 0 Å². The van der Waals surface area contributed by atoms with Crippen LogP contribution in [0.2, 0.25) is 12.6 Å². The van der Waals surface area contributed by atoms with Gasteiger partial charge in [0.2, 0.25) is 0 Å². The lowest BCUT2D eigenvalue weighted by Crippen LogP contribution is -2.36. The highest BCUT2D eigenvalue weighted by Crippen LogP contribution is 2.27. The van der Waals surface area contributed by atoms with Crippen LogP contribution in [0.5, 0.6) is 0 Å².